The van der Waals surface area contributed by atoms with E-state index in [1.807, 2.05) is 24.3 Å². The Morgan fingerprint density at radius 3 is 2.29 bits per heavy atom. The molecule has 0 unspecified atom stereocenters. The summed E-state index contributed by atoms with van der Waals surface area (Å²) in [5, 5.41) is 0.636. The highest BCUT2D eigenvalue weighted by molar-refractivity contribution is 6.32. The fraction of sp³-hybridized carbons (Fsp3) is 0.500. The maximum atomic E-state index is 5.98. The predicted molar refractivity (Wildman–Crippen MR) is 71.5 cm³/mol. The minimum Gasteiger partial charge on any atom is -0.491 e. The fourth-order valence-electron chi connectivity index (χ4n) is 1.55. The van der Waals surface area contributed by atoms with Gasteiger partial charge in [0.15, 0.2) is 0 Å². The molecular weight excluding hydrogens is 238 g/mol. The number of para-hydroxylation sites is 1. The first-order valence-corrected chi connectivity index (χ1v) is 6.15. The number of benzene rings is 1. The number of nitrogens with zero attached hydrogens (tertiary/aromatic N) is 1. The molecular formula is C12H20ClN3O. The van der Waals surface area contributed by atoms with Gasteiger partial charge in [-0.25, -0.2) is 0 Å². The van der Waals surface area contributed by atoms with Crippen LogP contribution >= 0.6 is 11.6 Å². The van der Waals surface area contributed by atoms with Gasteiger partial charge in [0, 0.05) is 32.7 Å². The number of ether oxygens (including phenoxy) is 1. The van der Waals surface area contributed by atoms with Gasteiger partial charge in [-0.05, 0) is 12.1 Å². The van der Waals surface area contributed by atoms with Gasteiger partial charge in [-0.1, -0.05) is 23.7 Å². The summed E-state index contributed by atoms with van der Waals surface area (Å²) >= 11 is 5.98. The molecule has 0 saturated heterocycles. The Bertz CT molecular complexity index is 316. The van der Waals surface area contributed by atoms with Gasteiger partial charge in [0.05, 0.1) is 5.02 Å². The molecule has 0 aliphatic heterocycles. The van der Waals surface area contributed by atoms with Crippen molar-refractivity contribution >= 4 is 11.6 Å². The molecule has 0 aliphatic carbocycles. The molecule has 0 fully saturated rings. The van der Waals surface area contributed by atoms with Gasteiger partial charge < -0.3 is 16.2 Å². The molecule has 1 rings (SSSR count). The number of hydrogen-bond acceptors (Lipinski definition) is 4. The number of rotatable bonds is 8. The van der Waals surface area contributed by atoms with Crippen LogP contribution in [0.4, 0.5) is 0 Å². The monoisotopic (exact) mass is 257 g/mol. The van der Waals surface area contributed by atoms with Crippen molar-refractivity contribution in [2.24, 2.45) is 11.5 Å². The standard InChI is InChI=1S/C12H20ClN3O/c13-11-3-1-2-4-12(11)17-10-9-16(7-5-14)8-6-15/h1-4H,5-10,14-15H2. The molecule has 1 aromatic rings. The Labute approximate surface area is 107 Å². The Morgan fingerprint density at radius 2 is 1.71 bits per heavy atom. The first-order valence-electron chi connectivity index (χ1n) is 5.77. The van der Waals surface area contributed by atoms with E-state index in [1.54, 1.807) is 0 Å². The maximum Gasteiger partial charge on any atom is 0.137 e. The first-order chi connectivity index (χ1) is 8.27. The van der Waals surface area contributed by atoms with Crippen LogP contribution in [0.1, 0.15) is 0 Å². The topological polar surface area (TPSA) is 64.5 Å². The molecule has 0 aromatic heterocycles. The van der Waals surface area contributed by atoms with E-state index in [0.29, 0.717) is 24.7 Å². The van der Waals surface area contributed by atoms with Crippen LogP contribution in [0.2, 0.25) is 5.02 Å². The summed E-state index contributed by atoms with van der Waals surface area (Å²) in [6, 6.07) is 7.45. The highest BCUT2D eigenvalue weighted by Gasteiger charge is 2.04. The first kappa shape index (κ1) is 14.3. The van der Waals surface area contributed by atoms with Gasteiger partial charge in [-0.2, -0.15) is 0 Å². The number of halogens is 1. The zero-order valence-corrected chi connectivity index (χ0v) is 10.7. The van der Waals surface area contributed by atoms with Crippen LogP contribution in [-0.4, -0.2) is 44.2 Å². The molecule has 0 aliphatic rings. The Hall–Kier alpha value is -0.810. The van der Waals surface area contributed by atoms with E-state index in [-0.39, 0.29) is 0 Å². The zero-order valence-electron chi connectivity index (χ0n) is 9.94. The van der Waals surface area contributed by atoms with E-state index in [9.17, 15) is 0 Å². The lowest BCUT2D eigenvalue weighted by Crippen LogP contribution is -2.36. The highest BCUT2D eigenvalue weighted by atomic mass is 35.5. The second-order valence-electron chi connectivity index (χ2n) is 3.70. The molecule has 0 atom stereocenters. The molecule has 1 aromatic carbocycles. The molecule has 4 nitrogen and oxygen atoms in total. The SMILES string of the molecule is NCCN(CCN)CCOc1ccccc1Cl. The van der Waals surface area contributed by atoms with E-state index in [1.165, 1.54) is 0 Å². The van der Waals surface area contributed by atoms with Crippen molar-refractivity contribution in [1.82, 2.24) is 4.90 Å². The molecule has 0 radical (unpaired) electrons. The quantitative estimate of drug-likeness (QED) is 0.728. The minimum atomic E-state index is 0.587. The van der Waals surface area contributed by atoms with E-state index in [2.05, 4.69) is 4.90 Å². The highest BCUT2D eigenvalue weighted by Crippen LogP contribution is 2.22. The third-order valence-electron chi connectivity index (χ3n) is 2.39. The zero-order chi connectivity index (χ0) is 12.5. The Balaban J connectivity index is 2.33. The Morgan fingerprint density at radius 1 is 1.06 bits per heavy atom. The van der Waals surface area contributed by atoms with Crippen molar-refractivity contribution in [3.8, 4) is 5.75 Å². The lowest BCUT2D eigenvalue weighted by Gasteiger charge is -2.20. The average Bonchev–Trinajstić information content (AvgIpc) is 2.32. The van der Waals surface area contributed by atoms with Crippen molar-refractivity contribution in [2.75, 3.05) is 39.3 Å². The fourth-order valence-corrected chi connectivity index (χ4v) is 1.74. The maximum absolute atomic E-state index is 5.98. The predicted octanol–water partition coefficient (Wildman–Crippen LogP) is 0.938. The molecule has 0 spiro atoms. The van der Waals surface area contributed by atoms with Crippen LogP contribution in [-0.2, 0) is 0 Å². The normalized spacial score (nSPS) is 10.8. The van der Waals surface area contributed by atoms with Gasteiger partial charge in [-0.15, -0.1) is 0 Å². The summed E-state index contributed by atoms with van der Waals surface area (Å²) in [6.45, 7) is 4.33. The van der Waals surface area contributed by atoms with E-state index in [4.69, 9.17) is 27.8 Å². The minimum absolute atomic E-state index is 0.587. The summed E-state index contributed by atoms with van der Waals surface area (Å²) in [5.74, 6) is 0.717. The lowest BCUT2D eigenvalue weighted by molar-refractivity contribution is 0.216. The summed E-state index contributed by atoms with van der Waals surface area (Å²) in [5.41, 5.74) is 11.0. The van der Waals surface area contributed by atoms with E-state index < -0.39 is 0 Å². The summed E-state index contributed by atoms with van der Waals surface area (Å²) < 4.78 is 5.60. The van der Waals surface area contributed by atoms with Crippen LogP contribution in [0.5, 0.6) is 5.75 Å². The summed E-state index contributed by atoms with van der Waals surface area (Å²) in [6.07, 6.45) is 0. The third kappa shape index (κ3) is 5.37. The molecule has 0 amide bonds. The number of nitrogens with two attached hydrogens (primary N) is 2. The van der Waals surface area contributed by atoms with Crippen LogP contribution in [0.25, 0.3) is 0 Å². The van der Waals surface area contributed by atoms with Gasteiger partial charge in [0.1, 0.15) is 12.4 Å². The van der Waals surface area contributed by atoms with Gasteiger partial charge in [-0.3, -0.25) is 4.90 Å². The largest absolute Gasteiger partial charge is 0.491 e. The second-order valence-corrected chi connectivity index (χ2v) is 4.11. The van der Waals surface area contributed by atoms with Crippen molar-refractivity contribution in [3.05, 3.63) is 29.3 Å². The van der Waals surface area contributed by atoms with Crippen LogP contribution in [0.3, 0.4) is 0 Å². The third-order valence-corrected chi connectivity index (χ3v) is 2.70. The molecule has 5 heteroatoms. The van der Waals surface area contributed by atoms with Crippen LogP contribution in [0, 0.1) is 0 Å². The van der Waals surface area contributed by atoms with Gasteiger partial charge in [0.25, 0.3) is 0 Å². The van der Waals surface area contributed by atoms with Crippen molar-refractivity contribution < 1.29 is 4.74 Å². The van der Waals surface area contributed by atoms with Crippen LogP contribution < -0.4 is 16.2 Å². The molecule has 96 valence electrons. The molecule has 17 heavy (non-hydrogen) atoms. The molecule has 0 saturated carbocycles. The summed E-state index contributed by atoms with van der Waals surface area (Å²) in [7, 11) is 0. The van der Waals surface area contributed by atoms with Gasteiger partial charge >= 0.3 is 0 Å². The van der Waals surface area contributed by atoms with E-state index in [0.717, 1.165) is 25.4 Å². The smallest absolute Gasteiger partial charge is 0.137 e. The molecule has 4 N–H and O–H groups in total. The summed E-state index contributed by atoms with van der Waals surface area (Å²) in [4.78, 5) is 2.18. The molecule has 0 heterocycles. The van der Waals surface area contributed by atoms with Crippen molar-refractivity contribution in [2.45, 2.75) is 0 Å². The van der Waals surface area contributed by atoms with Gasteiger partial charge in [0.2, 0.25) is 0 Å². The number of hydrogen-bond donors (Lipinski definition) is 2. The average molecular weight is 258 g/mol. The Kier molecular flexibility index (Phi) is 6.96. The second kappa shape index (κ2) is 8.31. The van der Waals surface area contributed by atoms with Crippen molar-refractivity contribution in [3.63, 3.8) is 0 Å². The molecule has 0 bridgehead atoms. The van der Waals surface area contributed by atoms with Crippen molar-refractivity contribution in [1.29, 1.82) is 0 Å². The van der Waals surface area contributed by atoms with Crippen LogP contribution in [0.15, 0.2) is 24.3 Å². The van der Waals surface area contributed by atoms with E-state index >= 15 is 0 Å². The lowest BCUT2D eigenvalue weighted by atomic mass is 10.3.